The van der Waals surface area contributed by atoms with Crippen LogP contribution in [0.15, 0.2) is 42.5 Å². The van der Waals surface area contributed by atoms with Gasteiger partial charge in [-0.2, -0.15) is 0 Å². The van der Waals surface area contributed by atoms with Crippen molar-refractivity contribution >= 4 is 11.9 Å². The topological polar surface area (TPSA) is 57.6 Å². The van der Waals surface area contributed by atoms with Crippen LogP contribution in [0.25, 0.3) is 11.1 Å². The van der Waals surface area contributed by atoms with E-state index >= 15 is 0 Å². The SMILES string of the molecule is O=C(O)c1ccc(F)cc1-c1cccc(C(=O)N2CCCC2)c1. The van der Waals surface area contributed by atoms with E-state index in [0.717, 1.165) is 32.0 Å². The largest absolute Gasteiger partial charge is 0.478 e. The molecule has 1 saturated heterocycles. The third-order valence-corrected chi connectivity index (χ3v) is 4.03. The van der Waals surface area contributed by atoms with Crippen LogP contribution in [0.1, 0.15) is 33.6 Å². The molecule has 5 heteroatoms. The van der Waals surface area contributed by atoms with E-state index in [9.17, 15) is 19.1 Å². The van der Waals surface area contributed by atoms with E-state index < -0.39 is 11.8 Å². The third-order valence-electron chi connectivity index (χ3n) is 4.03. The van der Waals surface area contributed by atoms with Gasteiger partial charge in [-0.25, -0.2) is 9.18 Å². The fourth-order valence-electron chi connectivity index (χ4n) is 2.86. The van der Waals surface area contributed by atoms with E-state index in [-0.39, 0.29) is 17.0 Å². The van der Waals surface area contributed by atoms with Gasteiger partial charge in [-0.05, 0) is 54.3 Å². The monoisotopic (exact) mass is 313 g/mol. The maximum absolute atomic E-state index is 13.5. The predicted molar refractivity (Wildman–Crippen MR) is 83.9 cm³/mol. The van der Waals surface area contributed by atoms with Crippen molar-refractivity contribution in [3.8, 4) is 11.1 Å². The van der Waals surface area contributed by atoms with E-state index in [1.54, 1.807) is 29.2 Å². The first-order valence-corrected chi connectivity index (χ1v) is 7.49. The van der Waals surface area contributed by atoms with Gasteiger partial charge in [-0.15, -0.1) is 0 Å². The van der Waals surface area contributed by atoms with Crippen molar-refractivity contribution in [3.63, 3.8) is 0 Å². The van der Waals surface area contributed by atoms with Crippen molar-refractivity contribution in [2.45, 2.75) is 12.8 Å². The number of nitrogens with zero attached hydrogens (tertiary/aromatic N) is 1. The number of hydrogen-bond acceptors (Lipinski definition) is 2. The second-order valence-electron chi connectivity index (χ2n) is 5.58. The van der Waals surface area contributed by atoms with Gasteiger partial charge in [0.2, 0.25) is 0 Å². The molecule has 0 bridgehead atoms. The summed E-state index contributed by atoms with van der Waals surface area (Å²) < 4.78 is 13.5. The molecular formula is C18H16FNO3. The molecule has 0 radical (unpaired) electrons. The highest BCUT2D eigenvalue weighted by Crippen LogP contribution is 2.26. The summed E-state index contributed by atoms with van der Waals surface area (Å²) in [5, 5.41) is 9.27. The molecule has 2 aromatic carbocycles. The second kappa shape index (κ2) is 6.20. The van der Waals surface area contributed by atoms with E-state index in [1.165, 1.54) is 12.1 Å². The Kier molecular flexibility index (Phi) is 4.10. The highest BCUT2D eigenvalue weighted by molar-refractivity contribution is 5.99. The van der Waals surface area contributed by atoms with Crippen LogP contribution in [0, 0.1) is 5.82 Å². The molecular weight excluding hydrogens is 297 g/mol. The van der Waals surface area contributed by atoms with Crippen molar-refractivity contribution < 1.29 is 19.1 Å². The Labute approximate surface area is 133 Å². The molecule has 0 spiro atoms. The highest BCUT2D eigenvalue weighted by atomic mass is 19.1. The normalized spacial score (nSPS) is 14.0. The highest BCUT2D eigenvalue weighted by Gasteiger charge is 2.20. The van der Waals surface area contributed by atoms with Crippen molar-refractivity contribution in [1.29, 1.82) is 0 Å². The van der Waals surface area contributed by atoms with Gasteiger partial charge in [0, 0.05) is 18.7 Å². The number of carboxylic acids is 1. The minimum atomic E-state index is -1.13. The zero-order valence-corrected chi connectivity index (χ0v) is 12.5. The molecule has 3 rings (SSSR count). The summed E-state index contributed by atoms with van der Waals surface area (Å²) in [6, 6.07) is 10.2. The molecule has 0 aromatic heterocycles. The Hall–Kier alpha value is -2.69. The molecule has 0 aliphatic carbocycles. The average Bonchev–Trinajstić information content (AvgIpc) is 3.08. The molecule has 1 fully saturated rings. The number of aromatic carboxylic acids is 1. The molecule has 0 saturated carbocycles. The van der Waals surface area contributed by atoms with E-state index in [1.807, 2.05) is 0 Å². The summed E-state index contributed by atoms with van der Waals surface area (Å²) in [4.78, 5) is 25.6. The van der Waals surface area contributed by atoms with Crippen LogP contribution in [0.4, 0.5) is 4.39 Å². The Morgan fingerprint density at radius 2 is 1.78 bits per heavy atom. The predicted octanol–water partition coefficient (Wildman–Crippen LogP) is 3.43. The molecule has 118 valence electrons. The molecule has 1 heterocycles. The minimum absolute atomic E-state index is 0.0113. The summed E-state index contributed by atoms with van der Waals surface area (Å²) >= 11 is 0. The Morgan fingerprint density at radius 3 is 2.48 bits per heavy atom. The molecule has 1 aliphatic rings. The maximum Gasteiger partial charge on any atom is 0.336 e. The summed E-state index contributed by atoms with van der Waals surface area (Å²) in [5.74, 6) is -1.71. The fraction of sp³-hybridized carbons (Fsp3) is 0.222. The van der Waals surface area contributed by atoms with Crippen molar-refractivity contribution in [3.05, 3.63) is 59.4 Å². The van der Waals surface area contributed by atoms with Crippen LogP contribution < -0.4 is 0 Å². The van der Waals surface area contributed by atoms with Crippen LogP contribution in [-0.4, -0.2) is 35.0 Å². The maximum atomic E-state index is 13.5. The Balaban J connectivity index is 2.01. The standard InChI is InChI=1S/C18H16FNO3/c19-14-6-7-15(18(22)23)16(11-14)12-4-3-5-13(10-12)17(21)20-8-1-2-9-20/h3-7,10-11H,1-2,8-9H2,(H,22,23). The molecule has 2 aromatic rings. The van der Waals surface area contributed by atoms with Gasteiger partial charge in [0.05, 0.1) is 5.56 Å². The van der Waals surface area contributed by atoms with Crippen LogP contribution in [0.5, 0.6) is 0 Å². The number of halogens is 1. The number of likely N-dealkylation sites (tertiary alicyclic amines) is 1. The number of carbonyl (C=O) groups excluding carboxylic acids is 1. The Bertz CT molecular complexity index is 767. The fourth-order valence-corrected chi connectivity index (χ4v) is 2.86. The second-order valence-corrected chi connectivity index (χ2v) is 5.58. The number of rotatable bonds is 3. The van der Waals surface area contributed by atoms with Crippen molar-refractivity contribution in [2.75, 3.05) is 13.1 Å². The number of benzene rings is 2. The van der Waals surface area contributed by atoms with E-state index in [4.69, 9.17) is 0 Å². The molecule has 0 atom stereocenters. The number of hydrogen-bond donors (Lipinski definition) is 1. The third kappa shape index (κ3) is 3.08. The summed E-state index contributed by atoms with van der Waals surface area (Å²) in [7, 11) is 0. The molecule has 1 N–H and O–H groups in total. The van der Waals surface area contributed by atoms with Crippen LogP contribution in [0.2, 0.25) is 0 Å². The first-order chi connectivity index (χ1) is 11.1. The molecule has 23 heavy (non-hydrogen) atoms. The van der Waals surface area contributed by atoms with Crippen molar-refractivity contribution in [2.24, 2.45) is 0 Å². The zero-order valence-electron chi connectivity index (χ0n) is 12.5. The van der Waals surface area contributed by atoms with Gasteiger partial charge in [-0.1, -0.05) is 12.1 Å². The molecule has 1 amide bonds. The van der Waals surface area contributed by atoms with Gasteiger partial charge in [0.25, 0.3) is 5.91 Å². The minimum Gasteiger partial charge on any atom is -0.478 e. The first kappa shape index (κ1) is 15.2. The van der Waals surface area contributed by atoms with E-state index in [0.29, 0.717) is 11.1 Å². The summed E-state index contributed by atoms with van der Waals surface area (Å²) in [6.07, 6.45) is 2.00. The van der Waals surface area contributed by atoms with Crippen LogP contribution in [-0.2, 0) is 0 Å². The molecule has 1 aliphatic heterocycles. The van der Waals surface area contributed by atoms with Crippen LogP contribution >= 0.6 is 0 Å². The molecule has 0 unspecified atom stereocenters. The van der Waals surface area contributed by atoms with Gasteiger partial charge in [0.1, 0.15) is 5.82 Å². The summed E-state index contributed by atoms with van der Waals surface area (Å²) in [5.41, 5.74) is 1.29. The number of carbonyl (C=O) groups is 2. The lowest BCUT2D eigenvalue weighted by Crippen LogP contribution is -2.27. The number of carboxylic acid groups (broad SMARTS) is 1. The first-order valence-electron chi connectivity index (χ1n) is 7.49. The smallest absolute Gasteiger partial charge is 0.336 e. The van der Waals surface area contributed by atoms with Crippen LogP contribution in [0.3, 0.4) is 0 Å². The zero-order chi connectivity index (χ0) is 16.4. The quantitative estimate of drug-likeness (QED) is 0.944. The lowest BCUT2D eigenvalue weighted by molar-refractivity contribution is 0.0697. The average molecular weight is 313 g/mol. The summed E-state index contributed by atoms with van der Waals surface area (Å²) in [6.45, 7) is 1.48. The van der Waals surface area contributed by atoms with Gasteiger partial charge in [-0.3, -0.25) is 4.79 Å². The molecule has 4 nitrogen and oxygen atoms in total. The van der Waals surface area contributed by atoms with E-state index in [2.05, 4.69) is 0 Å². The Morgan fingerprint density at radius 1 is 1.04 bits per heavy atom. The lowest BCUT2D eigenvalue weighted by Gasteiger charge is -2.16. The van der Waals surface area contributed by atoms with Gasteiger partial charge >= 0.3 is 5.97 Å². The number of amides is 1. The van der Waals surface area contributed by atoms with Gasteiger partial charge in [0.15, 0.2) is 0 Å². The lowest BCUT2D eigenvalue weighted by atomic mass is 9.97. The van der Waals surface area contributed by atoms with Gasteiger partial charge < -0.3 is 10.0 Å². The van der Waals surface area contributed by atoms with Crippen molar-refractivity contribution in [1.82, 2.24) is 4.90 Å².